The summed E-state index contributed by atoms with van der Waals surface area (Å²) in [5.41, 5.74) is 3.72. The van der Waals surface area contributed by atoms with E-state index in [2.05, 4.69) is 60.0 Å². The quantitative estimate of drug-likeness (QED) is 0.695. The summed E-state index contributed by atoms with van der Waals surface area (Å²) in [6.45, 7) is 10.3. The monoisotopic (exact) mass is 325 g/mol. The van der Waals surface area contributed by atoms with E-state index in [0.29, 0.717) is 6.10 Å². The Morgan fingerprint density at radius 2 is 2.17 bits per heavy atom. The van der Waals surface area contributed by atoms with Crippen LogP contribution in [-0.2, 0) is 24.4 Å². The number of rotatable bonds is 8. The molecule has 1 aromatic carbocycles. The lowest BCUT2D eigenvalue weighted by Crippen LogP contribution is -2.31. The molecule has 1 aromatic heterocycles. The molecule has 0 saturated carbocycles. The van der Waals surface area contributed by atoms with Crippen molar-refractivity contribution in [1.29, 1.82) is 0 Å². The van der Waals surface area contributed by atoms with Gasteiger partial charge in [-0.05, 0) is 25.3 Å². The predicted octanol–water partition coefficient (Wildman–Crippen LogP) is 3.56. The van der Waals surface area contributed by atoms with Gasteiger partial charge in [-0.2, -0.15) is 5.10 Å². The zero-order chi connectivity index (χ0) is 16.8. The number of aromatic nitrogens is 2. The number of ether oxygens (including phenoxy) is 1. The average molecular weight is 325 g/mol. The first-order valence-corrected chi connectivity index (χ1v) is 8.76. The highest BCUT2D eigenvalue weighted by Crippen LogP contribution is 2.18. The first-order valence-electron chi connectivity index (χ1n) is 8.76. The van der Waals surface area contributed by atoms with E-state index in [0.717, 1.165) is 38.5 Å². The van der Waals surface area contributed by atoms with Gasteiger partial charge in [0.05, 0.1) is 18.3 Å². The van der Waals surface area contributed by atoms with E-state index < -0.39 is 0 Å². The van der Waals surface area contributed by atoms with Gasteiger partial charge >= 0.3 is 0 Å². The fraction of sp³-hybridized carbons (Fsp3) is 0.450. The van der Waals surface area contributed by atoms with Gasteiger partial charge in [0.15, 0.2) is 0 Å². The highest BCUT2D eigenvalue weighted by molar-refractivity contribution is 5.18. The Kier molecular flexibility index (Phi) is 5.83. The Hall–Kier alpha value is -1.91. The van der Waals surface area contributed by atoms with Gasteiger partial charge in [-0.25, -0.2) is 0 Å². The van der Waals surface area contributed by atoms with Crippen molar-refractivity contribution in [3.8, 4) is 0 Å². The smallest absolute Gasteiger partial charge is 0.0703 e. The molecule has 0 amide bonds. The van der Waals surface area contributed by atoms with Gasteiger partial charge in [0, 0.05) is 38.0 Å². The number of aryl methyl sites for hydroxylation is 1. The maximum absolute atomic E-state index is 5.86. The van der Waals surface area contributed by atoms with Crippen LogP contribution in [0.1, 0.15) is 29.7 Å². The lowest BCUT2D eigenvalue weighted by molar-refractivity contribution is 0.0678. The second-order valence-corrected chi connectivity index (χ2v) is 6.54. The number of hydrogen-bond acceptors (Lipinski definition) is 3. The van der Waals surface area contributed by atoms with E-state index in [-0.39, 0.29) is 0 Å². The highest BCUT2D eigenvalue weighted by atomic mass is 16.5. The van der Waals surface area contributed by atoms with Crippen LogP contribution in [0.5, 0.6) is 0 Å². The first-order chi connectivity index (χ1) is 11.7. The molecule has 0 radical (unpaired) electrons. The maximum Gasteiger partial charge on any atom is 0.0703 e. The SMILES string of the molecule is C=CCn1cc(CN(Cc2ccccc2)C[C@H]2CCCO2)c(C)n1. The second kappa shape index (κ2) is 8.27. The summed E-state index contributed by atoms with van der Waals surface area (Å²) >= 11 is 0. The Morgan fingerprint density at radius 1 is 1.33 bits per heavy atom. The number of hydrogen-bond donors (Lipinski definition) is 0. The minimum Gasteiger partial charge on any atom is -0.377 e. The molecule has 128 valence electrons. The highest BCUT2D eigenvalue weighted by Gasteiger charge is 2.20. The Bertz CT molecular complexity index is 644. The van der Waals surface area contributed by atoms with E-state index in [9.17, 15) is 0 Å². The van der Waals surface area contributed by atoms with E-state index in [4.69, 9.17) is 4.74 Å². The van der Waals surface area contributed by atoms with Crippen molar-refractivity contribution in [3.05, 3.63) is 66.0 Å². The molecule has 1 aliphatic rings. The zero-order valence-electron chi connectivity index (χ0n) is 14.5. The summed E-state index contributed by atoms with van der Waals surface area (Å²) in [6, 6.07) is 10.7. The van der Waals surface area contributed by atoms with Crippen LogP contribution in [0.3, 0.4) is 0 Å². The Balaban J connectivity index is 1.71. The minimum absolute atomic E-state index is 0.359. The van der Waals surface area contributed by atoms with Crippen LogP contribution in [0.2, 0.25) is 0 Å². The van der Waals surface area contributed by atoms with Crippen LogP contribution in [0.25, 0.3) is 0 Å². The van der Waals surface area contributed by atoms with Crippen molar-refractivity contribution >= 4 is 0 Å². The largest absolute Gasteiger partial charge is 0.377 e. The van der Waals surface area contributed by atoms with Crippen LogP contribution in [0.15, 0.2) is 49.2 Å². The molecule has 1 aliphatic heterocycles. The molecule has 2 heterocycles. The number of nitrogens with zero attached hydrogens (tertiary/aromatic N) is 3. The molecule has 0 spiro atoms. The summed E-state index contributed by atoms with van der Waals surface area (Å²) in [6.07, 6.45) is 6.73. The molecule has 4 heteroatoms. The molecule has 1 saturated heterocycles. The van der Waals surface area contributed by atoms with E-state index in [1.165, 1.54) is 24.0 Å². The van der Waals surface area contributed by atoms with Gasteiger partial charge in [-0.1, -0.05) is 36.4 Å². The normalized spacial score (nSPS) is 17.5. The Morgan fingerprint density at radius 3 is 2.88 bits per heavy atom. The molecule has 1 atom stereocenters. The van der Waals surface area contributed by atoms with Gasteiger partial charge in [-0.15, -0.1) is 6.58 Å². The zero-order valence-corrected chi connectivity index (χ0v) is 14.5. The molecule has 2 aromatic rings. The third-order valence-corrected chi connectivity index (χ3v) is 4.49. The van der Waals surface area contributed by atoms with Crippen LogP contribution >= 0.6 is 0 Å². The lowest BCUT2D eigenvalue weighted by Gasteiger charge is -2.25. The number of benzene rings is 1. The number of allylic oxidation sites excluding steroid dienone is 1. The van der Waals surface area contributed by atoms with Crippen LogP contribution in [-0.4, -0.2) is 33.9 Å². The molecule has 1 fully saturated rings. The molecule has 0 N–H and O–H groups in total. The molecule has 0 bridgehead atoms. The van der Waals surface area contributed by atoms with E-state index in [1.807, 2.05) is 10.8 Å². The molecule has 4 nitrogen and oxygen atoms in total. The van der Waals surface area contributed by atoms with Crippen molar-refractivity contribution in [2.45, 2.75) is 45.5 Å². The van der Waals surface area contributed by atoms with Gasteiger partial charge in [0.25, 0.3) is 0 Å². The first kappa shape index (κ1) is 16.9. The summed E-state index contributed by atoms with van der Waals surface area (Å²) in [5.74, 6) is 0. The van der Waals surface area contributed by atoms with Gasteiger partial charge in [0.2, 0.25) is 0 Å². The summed E-state index contributed by atoms with van der Waals surface area (Å²) in [5, 5.41) is 4.58. The predicted molar refractivity (Wildman–Crippen MR) is 96.7 cm³/mol. The van der Waals surface area contributed by atoms with Crippen molar-refractivity contribution in [2.75, 3.05) is 13.2 Å². The lowest BCUT2D eigenvalue weighted by atomic mass is 10.1. The van der Waals surface area contributed by atoms with Crippen LogP contribution in [0, 0.1) is 6.92 Å². The van der Waals surface area contributed by atoms with Crippen molar-refractivity contribution in [2.24, 2.45) is 0 Å². The topological polar surface area (TPSA) is 30.3 Å². The molecular formula is C20H27N3O. The summed E-state index contributed by atoms with van der Waals surface area (Å²) in [4.78, 5) is 2.48. The fourth-order valence-corrected chi connectivity index (χ4v) is 3.28. The van der Waals surface area contributed by atoms with Crippen molar-refractivity contribution in [1.82, 2.24) is 14.7 Å². The fourth-order valence-electron chi connectivity index (χ4n) is 3.28. The Labute approximate surface area is 144 Å². The van der Waals surface area contributed by atoms with Gasteiger partial charge in [-0.3, -0.25) is 9.58 Å². The molecular weight excluding hydrogens is 298 g/mol. The maximum atomic E-state index is 5.86. The summed E-state index contributed by atoms with van der Waals surface area (Å²) < 4.78 is 7.82. The second-order valence-electron chi connectivity index (χ2n) is 6.54. The van der Waals surface area contributed by atoms with Crippen molar-refractivity contribution < 1.29 is 4.74 Å². The van der Waals surface area contributed by atoms with Crippen LogP contribution < -0.4 is 0 Å². The van der Waals surface area contributed by atoms with E-state index >= 15 is 0 Å². The standard InChI is InChI=1S/C20H27N3O/c1-3-11-23-15-19(17(2)21-23)14-22(16-20-10-7-12-24-20)13-18-8-5-4-6-9-18/h3-6,8-9,15,20H,1,7,10-14,16H2,2H3/t20-/m1/s1. The molecule has 0 unspecified atom stereocenters. The van der Waals surface area contributed by atoms with Crippen LogP contribution in [0.4, 0.5) is 0 Å². The molecule has 3 rings (SSSR count). The average Bonchev–Trinajstić information content (AvgIpc) is 3.19. The third kappa shape index (κ3) is 4.56. The van der Waals surface area contributed by atoms with Gasteiger partial charge < -0.3 is 4.74 Å². The van der Waals surface area contributed by atoms with Crippen molar-refractivity contribution in [3.63, 3.8) is 0 Å². The van der Waals surface area contributed by atoms with Gasteiger partial charge in [0.1, 0.15) is 0 Å². The molecule has 0 aliphatic carbocycles. The third-order valence-electron chi connectivity index (χ3n) is 4.49. The van der Waals surface area contributed by atoms with E-state index in [1.54, 1.807) is 0 Å². The molecule has 24 heavy (non-hydrogen) atoms. The minimum atomic E-state index is 0.359. The summed E-state index contributed by atoms with van der Waals surface area (Å²) in [7, 11) is 0.